The van der Waals surface area contributed by atoms with Crippen LogP contribution in [0.5, 0.6) is 0 Å². The van der Waals surface area contributed by atoms with Gasteiger partial charge in [-0.1, -0.05) is 65.5 Å². The molecule has 166 valence electrons. The van der Waals surface area contributed by atoms with E-state index in [9.17, 15) is 4.79 Å². The van der Waals surface area contributed by atoms with Crippen LogP contribution < -0.4 is 0 Å². The second-order valence-electron chi connectivity index (χ2n) is 9.35. The first-order valence-electron chi connectivity index (χ1n) is 11.5. The molecular weight excluding hydrogens is 486 g/mol. The van der Waals surface area contributed by atoms with E-state index in [0.29, 0.717) is 23.6 Å². The van der Waals surface area contributed by atoms with Crippen LogP contribution in [0.1, 0.15) is 56.1 Å². The van der Waals surface area contributed by atoms with Gasteiger partial charge in [0.15, 0.2) is 0 Å². The Morgan fingerprint density at radius 1 is 1.22 bits per heavy atom. The number of rotatable bonds is 8. The fraction of sp³-hybridized carbons (Fsp3) is 0.407. The number of nitrogens with zero attached hydrogens (tertiary/aromatic N) is 1. The molecule has 32 heavy (non-hydrogen) atoms. The predicted molar refractivity (Wildman–Crippen MR) is 133 cm³/mol. The van der Waals surface area contributed by atoms with Crippen molar-refractivity contribution in [1.82, 2.24) is 4.98 Å². The first-order chi connectivity index (χ1) is 15.5. The van der Waals surface area contributed by atoms with Crippen molar-refractivity contribution in [2.75, 3.05) is 6.61 Å². The van der Waals surface area contributed by atoms with Crippen molar-refractivity contribution in [3.05, 3.63) is 63.2 Å². The molecule has 1 aromatic heterocycles. The maximum Gasteiger partial charge on any atom is 0.310 e. The van der Waals surface area contributed by atoms with Crippen LogP contribution in [0.25, 0.3) is 22.0 Å². The third-order valence-electron chi connectivity index (χ3n) is 6.75. The molecule has 2 atom stereocenters. The highest BCUT2D eigenvalue weighted by Gasteiger charge is 2.34. The minimum atomic E-state index is -0.243. The van der Waals surface area contributed by atoms with Gasteiger partial charge in [-0.15, -0.1) is 0 Å². The van der Waals surface area contributed by atoms with Gasteiger partial charge in [0.1, 0.15) is 5.15 Å². The van der Waals surface area contributed by atoms with Crippen LogP contribution in [-0.2, 0) is 16.0 Å². The summed E-state index contributed by atoms with van der Waals surface area (Å²) in [6.45, 7) is 2.76. The van der Waals surface area contributed by atoms with E-state index in [1.54, 1.807) is 0 Å². The number of halogens is 2. The number of ether oxygens (including phenoxy) is 1. The van der Waals surface area contributed by atoms with Crippen LogP contribution >= 0.6 is 27.5 Å². The Hall–Kier alpha value is -1.91. The summed E-state index contributed by atoms with van der Waals surface area (Å²) in [6, 6.07) is 14.6. The average molecular weight is 513 g/mol. The smallest absolute Gasteiger partial charge is 0.310 e. The molecule has 3 aromatic rings. The average Bonchev–Trinajstić information content (AvgIpc) is 3.69. The molecule has 5 rings (SSSR count). The van der Waals surface area contributed by atoms with Gasteiger partial charge in [0.25, 0.3) is 0 Å². The summed E-state index contributed by atoms with van der Waals surface area (Å²) < 4.78 is 6.54. The third-order valence-corrected chi connectivity index (χ3v) is 7.55. The topological polar surface area (TPSA) is 39.2 Å². The minimum Gasteiger partial charge on any atom is -0.465 e. The molecule has 2 aliphatic rings. The van der Waals surface area contributed by atoms with Crippen molar-refractivity contribution in [2.45, 2.75) is 51.4 Å². The van der Waals surface area contributed by atoms with E-state index in [1.807, 2.05) is 12.1 Å². The number of hydrogen-bond acceptors (Lipinski definition) is 3. The Morgan fingerprint density at radius 3 is 2.75 bits per heavy atom. The van der Waals surface area contributed by atoms with Crippen LogP contribution in [0, 0.1) is 11.8 Å². The maximum atomic E-state index is 12.7. The van der Waals surface area contributed by atoms with Crippen LogP contribution in [0.15, 0.2) is 46.9 Å². The lowest BCUT2D eigenvalue weighted by atomic mass is 9.93. The number of hydrogen-bond donors (Lipinski definition) is 0. The summed E-state index contributed by atoms with van der Waals surface area (Å²) in [5, 5.41) is 1.41. The molecule has 2 aliphatic carbocycles. The molecule has 5 heteroatoms. The summed E-state index contributed by atoms with van der Waals surface area (Å²) in [4.78, 5) is 17.4. The zero-order valence-electron chi connectivity index (χ0n) is 18.2. The highest BCUT2D eigenvalue weighted by atomic mass is 79.9. The molecule has 2 aromatic carbocycles. The van der Waals surface area contributed by atoms with Gasteiger partial charge in [-0.2, -0.15) is 0 Å². The van der Waals surface area contributed by atoms with Crippen molar-refractivity contribution in [1.29, 1.82) is 0 Å². The van der Waals surface area contributed by atoms with Gasteiger partial charge in [-0.25, -0.2) is 4.98 Å². The molecule has 1 heterocycles. The third kappa shape index (κ3) is 4.87. The Bertz CT molecular complexity index is 1170. The number of esters is 1. The van der Waals surface area contributed by atoms with Gasteiger partial charge in [0.2, 0.25) is 0 Å². The van der Waals surface area contributed by atoms with Gasteiger partial charge in [0, 0.05) is 15.4 Å². The molecule has 0 amide bonds. The molecule has 2 saturated carbocycles. The lowest BCUT2D eigenvalue weighted by Gasteiger charge is -2.16. The monoisotopic (exact) mass is 511 g/mol. The molecule has 2 fully saturated rings. The van der Waals surface area contributed by atoms with Crippen molar-refractivity contribution >= 4 is 44.4 Å². The highest BCUT2D eigenvalue weighted by Crippen LogP contribution is 2.48. The van der Waals surface area contributed by atoms with Gasteiger partial charge in [-0.05, 0) is 78.0 Å². The molecule has 0 saturated heterocycles. The number of aromatic nitrogens is 1. The van der Waals surface area contributed by atoms with Crippen molar-refractivity contribution < 1.29 is 9.53 Å². The van der Waals surface area contributed by atoms with Gasteiger partial charge in [-0.3, -0.25) is 4.79 Å². The summed E-state index contributed by atoms with van der Waals surface area (Å²) >= 11 is 10.3. The fourth-order valence-electron chi connectivity index (χ4n) is 4.60. The van der Waals surface area contributed by atoms with E-state index in [0.717, 1.165) is 50.8 Å². The second-order valence-corrected chi connectivity index (χ2v) is 10.6. The zero-order chi connectivity index (χ0) is 22.2. The number of carbonyl (C=O) groups is 1. The molecule has 0 spiro atoms. The normalized spacial score (nSPS) is 19.8. The van der Waals surface area contributed by atoms with Crippen LogP contribution in [0.4, 0.5) is 0 Å². The largest absolute Gasteiger partial charge is 0.465 e. The Morgan fingerprint density at radius 2 is 2.03 bits per heavy atom. The number of pyridine rings is 1. The Labute approximate surface area is 202 Å². The zero-order valence-corrected chi connectivity index (χ0v) is 20.6. The SMILES string of the molecule is CC1C[C@@H]1c1ccc2nc(Cl)c(CC(=O)OCCCC3CC3)c(-c3cccc(Br)c3)c2c1. The van der Waals surface area contributed by atoms with Crippen LogP contribution in [0.2, 0.25) is 5.15 Å². The Kier molecular flexibility index (Phi) is 6.26. The number of benzene rings is 2. The molecule has 1 unspecified atom stereocenters. The first kappa shape index (κ1) is 21.9. The first-order valence-corrected chi connectivity index (χ1v) is 12.7. The fourth-order valence-corrected chi connectivity index (χ4v) is 5.25. The summed E-state index contributed by atoms with van der Waals surface area (Å²) in [6.07, 6.45) is 6.07. The summed E-state index contributed by atoms with van der Waals surface area (Å²) in [5.74, 6) is 1.92. The number of carbonyl (C=O) groups excluding carboxylic acids is 1. The summed E-state index contributed by atoms with van der Waals surface area (Å²) in [5.41, 5.74) is 4.92. The molecule has 0 aliphatic heterocycles. The minimum absolute atomic E-state index is 0.122. The Balaban J connectivity index is 1.51. The lowest BCUT2D eigenvalue weighted by Crippen LogP contribution is -2.11. The van der Waals surface area contributed by atoms with E-state index < -0.39 is 0 Å². The molecule has 0 N–H and O–H groups in total. The van der Waals surface area contributed by atoms with Gasteiger partial charge < -0.3 is 4.74 Å². The van der Waals surface area contributed by atoms with Crippen LogP contribution in [-0.4, -0.2) is 17.6 Å². The van der Waals surface area contributed by atoms with Crippen molar-refractivity contribution in [3.63, 3.8) is 0 Å². The standard InChI is InChI=1S/C27H27BrClNO2/c1-16-12-21(16)18-9-10-24-22(14-18)26(19-5-2-6-20(28)13-19)23(27(29)30-24)15-25(31)32-11-3-4-17-7-8-17/h2,5-6,9-10,13-14,16-17,21H,3-4,7-8,11-12,15H2,1H3/t16?,21-/m0/s1. The second kappa shape index (κ2) is 9.15. The number of fused-ring (bicyclic) bond motifs is 1. The molecular formula is C27H27BrClNO2. The van der Waals surface area contributed by atoms with E-state index in [1.165, 1.54) is 24.8 Å². The predicted octanol–water partition coefficient (Wildman–Crippen LogP) is 7.72. The lowest BCUT2D eigenvalue weighted by molar-refractivity contribution is -0.142. The quantitative estimate of drug-likeness (QED) is 0.176. The van der Waals surface area contributed by atoms with E-state index >= 15 is 0 Å². The maximum absolute atomic E-state index is 12.7. The van der Waals surface area contributed by atoms with E-state index in [4.69, 9.17) is 16.3 Å². The molecule has 0 bridgehead atoms. The molecule has 3 nitrogen and oxygen atoms in total. The van der Waals surface area contributed by atoms with E-state index in [2.05, 4.69) is 58.2 Å². The van der Waals surface area contributed by atoms with Crippen LogP contribution in [0.3, 0.4) is 0 Å². The van der Waals surface area contributed by atoms with Gasteiger partial charge >= 0.3 is 5.97 Å². The highest BCUT2D eigenvalue weighted by molar-refractivity contribution is 9.10. The van der Waals surface area contributed by atoms with Gasteiger partial charge in [0.05, 0.1) is 18.5 Å². The summed E-state index contributed by atoms with van der Waals surface area (Å²) in [7, 11) is 0. The van der Waals surface area contributed by atoms with Crippen molar-refractivity contribution in [2.24, 2.45) is 11.8 Å². The van der Waals surface area contributed by atoms with E-state index in [-0.39, 0.29) is 12.4 Å². The molecule has 0 radical (unpaired) electrons. The van der Waals surface area contributed by atoms with Crippen molar-refractivity contribution in [3.8, 4) is 11.1 Å².